The Morgan fingerprint density at radius 1 is 1.14 bits per heavy atom. The first-order valence-electron chi connectivity index (χ1n) is 9.89. The van der Waals surface area contributed by atoms with Crippen molar-refractivity contribution in [2.45, 2.75) is 42.0 Å². The molecule has 156 valence electrons. The maximum Gasteiger partial charge on any atom is 0.244 e. The molecule has 2 N–H and O–H groups in total. The van der Waals surface area contributed by atoms with E-state index >= 15 is 0 Å². The molecule has 2 saturated heterocycles. The Bertz CT molecular complexity index is 784. The topological polar surface area (TPSA) is 91.3 Å². The summed E-state index contributed by atoms with van der Waals surface area (Å²) in [5, 5.41) is 10.4. The molecule has 9 heteroatoms. The lowest BCUT2D eigenvalue weighted by Gasteiger charge is -2.32. The number of likely N-dealkylation sites (tertiary alicyclic amines) is 1. The van der Waals surface area contributed by atoms with E-state index in [4.69, 9.17) is 9.47 Å². The molecule has 0 radical (unpaired) electrons. The van der Waals surface area contributed by atoms with E-state index in [0.29, 0.717) is 18.3 Å². The molecule has 3 aliphatic rings. The zero-order valence-electron chi connectivity index (χ0n) is 16.2. The van der Waals surface area contributed by atoms with Crippen molar-refractivity contribution in [3.05, 3.63) is 24.3 Å². The van der Waals surface area contributed by atoms with Gasteiger partial charge in [-0.3, -0.25) is 9.80 Å². The summed E-state index contributed by atoms with van der Waals surface area (Å²) in [5.41, 5.74) is 0. The Kier molecular flexibility index (Phi) is 5.91. The van der Waals surface area contributed by atoms with E-state index in [9.17, 15) is 13.5 Å². The number of hydrogen-bond acceptors (Lipinski definition) is 7. The Morgan fingerprint density at radius 3 is 2.68 bits per heavy atom. The maximum atomic E-state index is 12.7. The molecule has 0 saturated carbocycles. The smallest absolute Gasteiger partial charge is 0.244 e. The summed E-state index contributed by atoms with van der Waals surface area (Å²) in [4.78, 5) is 4.65. The number of para-hydroxylation sites is 1. The number of sulfonamides is 1. The number of benzene rings is 1. The van der Waals surface area contributed by atoms with Gasteiger partial charge in [-0.15, -0.1) is 0 Å². The molecule has 3 atom stereocenters. The number of aliphatic hydroxyl groups excluding tert-OH is 1. The normalized spacial score (nSPS) is 32.7. The van der Waals surface area contributed by atoms with Crippen LogP contribution in [0.15, 0.2) is 29.2 Å². The largest absolute Gasteiger partial charge is 0.486 e. The van der Waals surface area contributed by atoms with Crippen LogP contribution in [0.2, 0.25) is 0 Å². The van der Waals surface area contributed by atoms with Gasteiger partial charge in [0.1, 0.15) is 16.7 Å². The van der Waals surface area contributed by atoms with Crippen LogP contribution in [0.3, 0.4) is 0 Å². The second kappa shape index (κ2) is 8.25. The van der Waals surface area contributed by atoms with Gasteiger partial charge in [0.2, 0.25) is 10.0 Å². The van der Waals surface area contributed by atoms with E-state index in [0.717, 1.165) is 39.1 Å². The molecule has 3 aliphatic heterocycles. The van der Waals surface area contributed by atoms with Crippen molar-refractivity contribution in [1.29, 1.82) is 0 Å². The van der Waals surface area contributed by atoms with Gasteiger partial charge in [-0.25, -0.2) is 13.1 Å². The monoisotopic (exact) mass is 411 g/mol. The van der Waals surface area contributed by atoms with Crippen molar-refractivity contribution >= 4 is 10.0 Å². The first kappa shape index (κ1) is 20.1. The molecule has 0 spiro atoms. The Hall–Kier alpha value is -1.23. The lowest BCUT2D eigenvalue weighted by molar-refractivity contribution is 0.0380. The quantitative estimate of drug-likeness (QED) is 0.666. The van der Waals surface area contributed by atoms with Crippen molar-refractivity contribution in [2.75, 3.05) is 46.4 Å². The average molecular weight is 412 g/mol. The summed E-state index contributed by atoms with van der Waals surface area (Å²) in [6.45, 7) is 3.48. The van der Waals surface area contributed by atoms with Gasteiger partial charge in [0.15, 0.2) is 0 Å². The molecule has 3 heterocycles. The summed E-state index contributed by atoms with van der Waals surface area (Å²) in [6.07, 6.45) is 1.04. The van der Waals surface area contributed by atoms with Crippen LogP contribution in [0.5, 0.6) is 5.75 Å². The van der Waals surface area contributed by atoms with Crippen LogP contribution >= 0.6 is 0 Å². The van der Waals surface area contributed by atoms with Crippen LogP contribution < -0.4 is 9.46 Å². The second-order valence-corrected chi connectivity index (χ2v) is 9.65. The number of likely N-dealkylation sites (N-methyl/N-ethyl adjacent to an activating group) is 1. The summed E-state index contributed by atoms with van der Waals surface area (Å²) in [6, 6.07) is 7.25. The molecule has 1 aromatic rings. The summed E-state index contributed by atoms with van der Waals surface area (Å²) < 4.78 is 39.7. The number of rotatable bonds is 1. The lowest BCUT2D eigenvalue weighted by atomic mass is 10.1. The number of ether oxygens (including phenoxy) is 2. The third-order valence-corrected chi connectivity index (χ3v) is 7.43. The highest BCUT2D eigenvalue weighted by atomic mass is 32.2. The molecular formula is C19H29N3O5S. The maximum absolute atomic E-state index is 12.7. The fourth-order valence-corrected chi connectivity index (χ4v) is 5.63. The fourth-order valence-electron chi connectivity index (χ4n) is 4.42. The molecule has 4 rings (SSSR count). The van der Waals surface area contributed by atoms with Gasteiger partial charge in [0.25, 0.3) is 0 Å². The molecule has 28 heavy (non-hydrogen) atoms. The van der Waals surface area contributed by atoms with Crippen LogP contribution in [0, 0.1) is 0 Å². The third kappa shape index (κ3) is 4.19. The molecule has 0 amide bonds. The van der Waals surface area contributed by atoms with Gasteiger partial charge in [0, 0.05) is 45.4 Å². The van der Waals surface area contributed by atoms with Gasteiger partial charge in [0.05, 0.1) is 12.1 Å². The molecule has 8 nitrogen and oxygen atoms in total. The van der Waals surface area contributed by atoms with Crippen molar-refractivity contribution in [3.8, 4) is 5.75 Å². The van der Waals surface area contributed by atoms with Crippen LogP contribution in [0.25, 0.3) is 0 Å². The SMILES string of the molecule is CN1C[C@@H](O)CNS(=O)(=O)c2ccccc2O[C@H]2CN(C3CCOCC3)C[C@H]21. The van der Waals surface area contributed by atoms with Crippen molar-refractivity contribution in [3.63, 3.8) is 0 Å². The highest BCUT2D eigenvalue weighted by Gasteiger charge is 2.41. The van der Waals surface area contributed by atoms with Crippen LogP contribution in [-0.2, 0) is 14.8 Å². The van der Waals surface area contributed by atoms with Gasteiger partial charge < -0.3 is 14.6 Å². The zero-order valence-corrected chi connectivity index (χ0v) is 17.0. The fraction of sp³-hybridized carbons (Fsp3) is 0.684. The van der Waals surface area contributed by atoms with Crippen molar-refractivity contribution in [1.82, 2.24) is 14.5 Å². The second-order valence-electron chi connectivity index (χ2n) is 7.91. The number of fused-ring (bicyclic) bond motifs is 2. The van der Waals surface area contributed by atoms with E-state index in [1.165, 1.54) is 0 Å². The Balaban J connectivity index is 1.64. The number of aliphatic hydroxyl groups is 1. The number of nitrogens with one attached hydrogen (secondary N) is 1. The number of β-amino-alcohol motifs (C(OH)–C–C–N with tert-alkyl or cyclic N) is 1. The minimum absolute atomic E-state index is 0.0257. The van der Waals surface area contributed by atoms with Crippen LogP contribution in [-0.4, -0.2) is 94.1 Å². The first-order valence-corrected chi connectivity index (χ1v) is 11.4. The third-order valence-electron chi connectivity index (χ3n) is 5.96. The van der Waals surface area contributed by atoms with E-state index < -0.39 is 16.1 Å². The molecule has 0 aliphatic carbocycles. The summed E-state index contributed by atoms with van der Waals surface area (Å²) in [5.74, 6) is 0.364. The minimum atomic E-state index is -3.75. The average Bonchev–Trinajstić information content (AvgIpc) is 3.11. The number of nitrogens with zero attached hydrogens (tertiary/aromatic N) is 2. The molecule has 1 aromatic carbocycles. The van der Waals surface area contributed by atoms with Crippen LogP contribution in [0.1, 0.15) is 12.8 Å². The van der Waals surface area contributed by atoms with Crippen LogP contribution in [0.4, 0.5) is 0 Å². The zero-order chi connectivity index (χ0) is 19.7. The van der Waals surface area contributed by atoms with E-state index in [1.807, 2.05) is 7.05 Å². The lowest BCUT2D eigenvalue weighted by Crippen LogP contribution is -2.47. The molecule has 2 fully saturated rings. The molecular weight excluding hydrogens is 382 g/mol. The van der Waals surface area contributed by atoms with Gasteiger partial charge in [-0.1, -0.05) is 12.1 Å². The van der Waals surface area contributed by atoms with Gasteiger partial charge in [-0.2, -0.15) is 0 Å². The Morgan fingerprint density at radius 2 is 1.89 bits per heavy atom. The van der Waals surface area contributed by atoms with E-state index in [2.05, 4.69) is 14.5 Å². The van der Waals surface area contributed by atoms with Gasteiger partial charge >= 0.3 is 0 Å². The van der Waals surface area contributed by atoms with E-state index in [1.54, 1.807) is 24.3 Å². The highest BCUT2D eigenvalue weighted by Crippen LogP contribution is 2.30. The minimum Gasteiger partial charge on any atom is -0.486 e. The standard InChI is InChI=1S/C19H29N3O5S/c1-21-11-15(23)10-20-28(24,25)19-5-3-2-4-17(19)27-18-13-22(12-16(18)21)14-6-8-26-9-7-14/h2-5,14-16,18,20,23H,6-13H2,1H3/t15-,16+,18-/m0/s1. The first-order chi connectivity index (χ1) is 13.4. The van der Waals surface area contributed by atoms with Gasteiger partial charge in [-0.05, 0) is 32.0 Å². The molecule has 0 bridgehead atoms. The predicted octanol–water partition coefficient (Wildman–Crippen LogP) is -0.118. The molecule has 0 unspecified atom stereocenters. The van der Waals surface area contributed by atoms with Crippen molar-refractivity contribution in [2.24, 2.45) is 0 Å². The number of hydrogen-bond donors (Lipinski definition) is 2. The summed E-state index contributed by atoms with van der Waals surface area (Å²) >= 11 is 0. The van der Waals surface area contributed by atoms with Crippen molar-refractivity contribution < 1.29 is 23.0 Å². The molecule has 0 aromatic heterocycles. The predicted molar refractivity (Wildman–Crippen MR) is 104 cm³/mol. The Labute approximate surface area is 166 Å². The summed E-state index contributed by atoms with van der Waals surface area (Å²) in [7, 11) is -1.79. The highest BCUT2D eigenvalue weighted by molar-refractivity contribution is 7.89. The van der Waals surface area contributed by atoms with E-state index in [-0.39, 0.29) is 23.6 Å².